The van der Waals surface area contributed by atoms with Crippen molar-refractivity contribution >= 4 is 33.4 Å². The molecule has 5 nitrogen and oxygen atoms in total. The molecular weight excluding hydrogens is 420 g/mol. The number of ether oxygens (including phenoxy) is 1. The first-order valence-electron chi connectivity index (χ1n) is 9.66. The van der Waals surface area contributed by atoms with Gasteiger partial charge in [-0.15, -0.1) is 0 Å². The SMILES string of the molecule is C[C@@H](Oc1ccc(Br)cc1)C(=O)Nc1ccccc1C(=O)NC1CCCCC1. The van der Waals surface area contributed by atoms with Gasteiger partial charge in [-0.05, 0) is 56.2 Å². The molecule has 0 aliphatic heterocycles. The zero-order valence-electron chi connectivity index (χ0n) is 15.9. The van der Waals surface area contributed by atoms with Gasteiger partial charge >= 0.3 is 0 Å². The molecule has 1 aliphatic carbocycles. The van der Waals surface area contributed by atoms with E-state index in [1.165, 1.54) is 6.42 Å². The van der Waals surface area contributed by atoms with Gasteiger partial charge in [0, 0.05) is 10.5 Å². The van der Waals surface area contributed by atoms with Gasteiger partial charge in [-0.3, -0.25) is 9.59 Å². The number of amides is 2. The summed E-state index contributed by atoms with van der Waals surface area (Å²) < 4.78 is 6.63. The van der Waals surface area contributed by atoms with E-state index in [0.29, 0.717) is 17.0 Å². The molecule has 3 rings (SSSR count). The number of benzene rings is 2. The number of carbonyl (C=O) groups excluding carboxylic acids is 2. The monoisotopic (exact) mass is 444 g/mol. The standard InChI is InChI=1S/C22H25BrN2O3/c1-15(28-18-13-11-16(23)12-14-18)21(26)25-20-10-6-5-9-19(20)22(27)24-17-7-3-2-4-8-17/h5-6,9-15,17H,2-4,7-8H2,1H3,(H,24,27)(H,25,26)/t15-/m1/s1. The van der Waals surface area contributed by atoms with Gasteiger partial charge in [0.05, 0.1) is 11.3 Å². The number of halogens is 1. The third kappa shape index (κ3) is 5.58. The van der Waals surface area contributed by atoms with Gasteiger partial charge in [-0.2, -0.15) is 0 Å². The van der Waals surface area contributed by atoms with Crippen LogP contribution in [0.1, 0.15) is 49.4 Å². The molecular formula is C22H25BrN2O3. The molecule has 0 unspecified atom stereocenters. The van der Waals surface area contributed by atoms with Gasteiger partial charge in [-0.1, -0.05) is 47.3 Å². The predicted molar refractivity (Wildman–Crippen MR) is 114 cm³/mol. The van der Waals surface area contributed by atoms with Crippen molar-refractivity contribution in [1.29, 1.82) is 0 Å². The van der Waals surface area contributed by atoms with Crippen LogP contribution in [0.5, 0.6) is 5.75 Å². The Labute approximate surface area is 174 Å². The minimum absolute atomic E-state index is 0.149. The van der Waals surface area contributed by atoms with Crippen LogP contribution in [-0.4, -0.2) is 24.0 Å². The Bertz CT molecular complexity index is 817. The smallest absolute Gasteiger partial charge is 0.265 e. The van der Waals surface area contributed by atoms with Crippen molar-refractivity contribution in [1.82, 2.24) is 5.32 Å². The van der Waals surface area contributed by atoms with Crippen molar-refractivity contribution in [2.75, 3.05) is 5.32 Å². The number of para-hydroxylation sites is 1. The average Bonchev–Trinajstić information content (AvgIpc) is 2.70. The van der Waals surface area contributed by atoms with E-state index >= 15 is 0 Å². The van der Waals surface area contributed by atoms with Crippen molar-refractivity contribution in [2.45, 2.75) is 51.2 Å². The molecule has 0 radical (unpaired) electrons. The van der Waals surface area contributed by atoms with E-state index in [1.54, 1.807) is 43.3 Å². The summed E-state index contributed by atoms with van der Waals surface area (Å²) >= 11 is 3.37. The average molecular weight is 445 g/mol. The lowest BCUT2D eigenvalue weighted by molar-refractivity contribution is -0.122. The molecule has 1 fully saturated rings. The van der Waals surface area contributed by atoms with Crippen molar-refractivity contribution < 1.29 is 14.3 Å². The largest absolute Gasteiger partial charge is 0.481 e. The summed E-state index contributed by atoms with van der Waals surface area (Å²) in [4.78, 5) is 25.3. The van der Waals surface area contributed by atoms with Crippen LogP contribution in [0, 0.1) is 0 Å². The lowest BCUT2D eigenvalue weighted by atomic mass is 9.95. The van der Waals surface area contributed by atoms with E-state index in [-0.39, 0.29) is 17.9 Å². The molecule has 2 N–H and O–H groups in total. The maximum atomic E-state index is 12.7. The van der Waals surface area contributed by atoms with Crippen LogP contribution >= 0.6 is 15.9 Å². The molecule has 0 aromatic heterocycles. The van der Waals surface area contributed by atoms with Crippen molar-refractivity contribution in [3.05, 3.63) is 58.6 Å². The molecule has 2 aromatic rings. The molecule has 6 heteroatoms. The highest BCUT2D eigenvalue weighted by atomic mass is 79.9. The van der Waals surface area contributed by atoms with Crippen LogP contribution in [0.25, 0.3) is 0 Å². The molecule has 1 atom stereocenters. The second-order valence-corrected chi connectivity index (χ2v) is 7.97. The highest BCUT2D eigenvalue weighted by Gasteiger charge is 2.21. The maximum absolute atomic E-state index is 12.7. The molecule has 2 aromatic carbocycles. The van der Waals surface area contributed by atoms with E-state index < -0.39 is 6.10 Å². The fourth-order valence-electron chi connectivity index (χ4n) is 3.31. The number of rotatable bonds is 6. The van der Waals surface area contributed by atoms with Gasteiger partial charge in [0.1, 0.15) is 5.75 Å². The van der Waals surface area contributed by atoms with Gasteiger partial charge in [0.15, 0.2) is 6.10 Å². The molecule has 0 saturated heterocycles. The lowest BCUT2D eigenvalue weighted by Crippen LogP contribution is -2.37. The van der Waals surface area contributed by atoms with Crippen molar-refractivity contribution in [3.63, 3.8) is 0 Å². The Kier molecular flexibility index (Phi) is 7.09. The topological polar surface area (TPSA) is 67.4 Å². The molecule has 1 aliphatic rings. The fraction of sp³-hybridized carbons (Fsp3) is 0.364. The van der Waals surface area contributed by atoms with Crippen LogP contribution in [0.4, 0.5) is 5.69 Å². The summed E-state index contributed by atoms with van der Waals surface area (Å²) in [5, 5.41) is 5.92. The number of hydrogen-bond donors (Lipinski definition) is 2. The van der Waals surface area contributed by atoms with E-state index in [9.17, 15) is 9.59 Å². The third-order valence-corrected chi connectivity index (χ3v) is 5.39. The fourth-order valence-corrected chi connectivity index (χ4v) is 3.57. The van der Waals surface area contributed by atoms with E-state index in [4.69, 9.17) is 4.74 Å². The third-order valence-electron chi connectivity index (χ3n) is 4.87. The van der Waals surface area contributed by atoms with Crippen LogP contribution < -0.4 is 15.4 Å². The Balaban J connectivity index is 1.63. The minimum Gasteiger partial charge on any atom is -0.481 e. The number of hydrogen-bond acceptors (Lipinski definition) is 3. The normalized spacial score (nSPS) is 15.5. The molecule has 0 heterocycles. The lowest BCUT2D eigenvalue weighted by Gasteiger charge is -2.23. The van der Waals surface area contributed by atoms with Crippen LogP contribution in [-0.2, 0) is 4.79 Å². The highest BCUT2D eigenvalue weighted by molar-refractivity contribution is 9.10. The van der Waals surface area contributed by atoms with Crippen LogP contribution in [0.3, 0.4) is 0 Å². The number of nitrogens with one attached hydrogen (secondary N) is 2. The zero-order valence-corrected chi connectivity index (χ0v) is 17.5. The summed E-state index contributed by atoms with van der Waals surface area (Å²) in [6.07, 6.45) is 4.85. The summed E-state index contributed by atoms with van der Waals surface area (Å²) in [5.74, 6) is 0.152. The maximum Gasteiger partial charge on any atom is 0.265 e. The Morgan fingerprint density at radius 2 is 1.71 bits per heavy atom. The summed E-state index contributed by atoms with van der Waals surface area (Å²) in [6.45, 7) is 1.68. The Morgan fingerprint density at radius 3 is 2.43 bits per heavy atom. The van der Waals surface area contributed by atoms with Gasteiger partial charge < -0.3 is 15.4 Å². The molecule has 0 spiro atoms. The van der Waals surface area contributed by atoms with E-state index in [2.05, 4.69) is 26.6 Å². The van der Waals surface area contributed by atoms with Crippen molar-refractivity contribution in [2.24, 2.45) is 0 Å². The second kappa shape index (κ2) is 9.73. The first-order chi connectivity index (χ1) is 13.5. The van der Waals surface area contributed by atoms with E-state index in [1.807, 2.05) is 12.1 Å². The Hall–Kier alpha value is -2.34. The second-order valence-electron chi connectivity index (χ2n) is 7.06. The summed E-state index contributed by atoms with van der Waals surface area (Å²) in [5.41, 5.74) is 0.962. The Morgan fingerprint density at radius 1 is 1.04 bits per heavy atom. The molecule has 1 saturated carbocycles. The number of carbonyl (C=O) groups is 2. The van der Waals surface area contributed by atoms with Crippen molar-refractivity contribution in [3.8, 4) is 5.75 Å². The molecule has 2 amide bonds. The quantitative estimate of drug-likeness (QED) is 0.664. The zero-order chi connectivity index (χ0) is 19.9. The van der Waals surface area contributed by atoms with Gasteiger partial charge in [0.2, 0.25) is 0 Å². The summed E-state index contributed by atoms with van der Waals surface area (Å²) in [7, 11) is 0. The minimum atomic E-state index is -0.698. The number of anilines is 1. The van der Waals surface area contributed by atoms with E-state index in [0.717, 1.165) is 30.2 Å². The van der Waals surface area contributed by atoms with Gasteiger partial charge in [-0.25, -0.2) is 0 Å². The molecule has 0 bridgehead atoms. The first-order valence-corrected chi connectivity index (χ1v) is 10.4. The predicted octanol–water partition coefficient (Wildman–Crippen LogP) is 4.92. The van der Waals surface area contributed by atoms with Crippen LogP contribution in [0.2, 0.25) is 0 Å². The van der Waals surface area contributed by atoms with Crippen LogP contribution in [0.15, 0.2) is 53.0 Å². The highest BCUT2D eigenvalue weighted by Crippen LogP contribution is 2.21. The summed E-state index contributed by atoms with van der Waals surface area (Å²) in [6, 6.07) is 14.6. The first kappa shape index (κ1) is 20.4. The molecule has 148 valence electrons. The van der Waals surface area contributed by atoms with Gasteiger partial charge in [0.25, 0.3) is 11.8 Å². The molecule has 28 heavy (non-hydrogen) atoms.